The lowest BCUT2D eigenvalue weighted by molar-refractivity contribution is -0.137. The van der Waals surface area contributed by atoms with E-state index >= 15 is 0 Å². The van der Waals surface area contributed by atoms with Crippen LogP contribution < -0.4 is 0 Å². The molecule has 1 fully saturated rings. The Morgan fingerprint density at radius 2 is 1.96 bits per heavy atom. The second-order valence-corrected chi connectivity index (χ2v) is 6.75. The van der Waals surface area contributed by atoms with Crippen LogP contribution in [0.2, 0.25) is 0 Å². The van der Waals surface area contributed by atoms with Crippen LogP contribution in [-0.2, 0) is 6.18 Å². The van der Waals surface area contributed by atoms with Crippen molar-refractivity contribution in [2.45, 2.75) is 19.2 Å². The van der Waals surface area contributed by atoms with Gasteiger partial charge in [0.25, 0.3) is 5.91 Å². The summed E-state index contributed by atoms with van der Waals surface area (Å²) < 4.78 is 39.9. The Morgan fingerprint density at radius 1 is 1.22 bits per heavy atom. The van der Waals surface area contributed by atoms with E-state index in [1.54, 1.807) is 25.1 Å². The number of rotatable bonds is 2. The number of β-amino-alcohol motifs (C(OH)–C–C–N with tert-alkyl or cyclic N) is 1. The molecular formula is C19H16F3N3O2. The van der Waals surface area contributed by atoms with Gasteiger partial charge in [0.05, 0.1) is 23.4 Å². The number of benzene rings is 2. The zero-order chi connectivity index (χ0) is 19.3. The van der Waals surface area contributed by atoms with E-state index in [4.69, 9.17) is 0 Å². The van der Waals surface area contributed by atoms with E-state index in [1.165, 1.54) is 11.1 Å². The molecule has 1 amide bonds. The van der Waals surface area contributed by atoms with Crippen LogP contribution in [-0.4, -0.2) is 45.3 Å². The molecule has 0 bridgehead atoms. The number of amides is 1. The Bertz CT molecular complexity index is 1040. The van der Waals surface area contributed by atoms with Crippen molar-refractivity contribution in [3.05, 3.63) is 53.2 Å². The summed E-state index contributed by atoms with van der Waals surface area (Å²) in [6.07, 6.45) is -3.54. The molecule has 2 aromatic carbocycles. The van der Waals surface area contributed by atoms with Gasteiger partial charge < -0.3 is 10.0 Å². The molecule has 0 atom stereocenters. The van der Waals surface area contributed by atoms with Crippen molar-refractivity contribution < 1.29 is 23.1 Å². The number of aliphatic hydroxyl groups is 1. The van der Waals surface area contributed by atoms with Crippen LogP contribution in [0, 0.1) is 6.92 Å². The molecule has 5 nitrogen and oxygen atoms in total. The number of carbonyl (C=O) groups is 1. The first-order valence-corrected chi connectivity index (χ1v) is 8.37. The number of hydrogen-bond donors (Lipinski definition) is 2. The Labute approximate surface area is 152 Å². The summed E-state index contributed by atoms with van der Waals surface area (Å²) in [6.45, 7) is 2.30. The van der Waals surface area contributed by atoms with Gasteiger partial charge in [0, 0.05) is 24.0 Å². The average molecular weight is 375 g/mol. The van der Waals surface area contributed by atoms with E-state index in [-0.39, 0.29) is 24.5 Å². The van der Waals surface area contributed by atoms with Gasteiger partial charge in [-0.05, 0) is 47.9 Å². The third-order valence-electron chi connectivity index (χ3n) is 4.81. The summed E-state index contributed by atoms with van der Waals surface area (Å²) in [6, 6.07) is 7.07. The molecule has 1 aliphatic heterocycles. The molecule has 1 aliphatic rings. The van der Waals surface area contributed by atoms with E-state index in [9.17, 15) is 23.1 Å². The van der Waals surface area contributed by atoms with Gasteiger partial charge in [-0.3, -0.25) is 9.89 Å². The number of aromatic nitrogens is 2. The number of H-pyrrole nitrogens is 1. The number of aliphatic hydroxyl groups excluding tert-OH is 1. The number of nitrogens with zero attached hydrogens (tertiary/aromatic N) is 2. The van der Waals surface area contributed by atoms with Gasteiger partial charge in [0.1, 0.15) is 0 Å². The fourth-order valence-electron chi connectivity index (χ4n) is 3.29. The minimum absolute atomic E-state index is 0.253. The van der Waals surface area contributed by atoms with E-state index in [2.05, 4.69) is 10.2 Å². The number of fused-ring (bicyclic) bond motifs is 1. The van der Waals surface area contributed by atoms with Crippen molar-refractivity contribution in [2.75, 3.05) is 13.1 Å². The largest absolute Gasteiger partial charge is 0.416 e. The predicted octanol–water partition coefficient (Wildman–Crippen LogP) is 3.37. The van der Waals surface area contributed by atoms with Crippen molar-refractivity contribution in [1.29, 1.82) is 0 Å². The van der Waals surface area contributed by atoms with Crippen LogP contribution in [0.4, 0.5) is 13.2 Å². The van der Waals surface area contributed by atoms with Crippen molar-refractivity contribution in [1.82, 2.24) is 15.1 Å². The fraction of sp³-hybridized carbons (Fsp3) is 0.263. The lowest BCUT2D eigenvalue weighted by atomic mass is 9.93. The average Bonchev–Trinajstić information content (AvgIpc) is 3.06. The molecule has 0 spiro atoms. The molecule has 0 saturated carbocycles. The van der Waals surface area contributed by atoms with Crippen LogP contribution in [0.15, 0.2) is 36.5 Å². The Hall–Kier alpha value is -2.87. The lowest BCUT2D eigenvalue weighted by Crippen LogP contribution is -2.53. The highest BCUT2D eigenvalue weighted by Gasteiger charge is 2.32. The highest BCUT2D eigenvalue weighted by molar-refractivity contribution is 6.00. The first kappa shape index (κ1) is 17.5. The molecule has 0 radical (unpaired) electrons. The van der Waals surface area contributed by atoms with Gasteiger partial charge in [-0.2, -0.15) is 18.3 Å². The lowest BCUT2D eigenvalue weighted by Gasteiger charge is -2.36. The van der Waals surface area contributed by atoms with Crippen LogP contribution in [0.25, 0.3) is 22.0 Å². The van der Waals surface area contributed by atoms with Gasteiger partial charge in [0.15, 0.2) is 0 Å². The zero-order valence-corrected chi connectivity index (χ0v) is 14.3. The molecule has 1 aromatic heterocycles. The number of aryl methyl sites for hydroxylation is 1. The fourth-order valence-corrected chi connectivity index (χ4v) is 3.29. The number of carbonyl (C=O) groups excluding carboxylic acids is 1. The second-order valence-electron chi connectivity index (χ2n) is 6.75. The van der Waals surface area contributed by atoms with Crippen molar-refractivity contribution in [3.63, 3.8) is 0 Å². The molecule has 2 N–H and O–H groups in total. The van der Waals surface area contributed by atoms with Gasteiger partial charge in [-0.1, -0.05) is 6.07 Å². The monoisotopic (exact) mass is 375 g/mol. The van der Waals surface area contributed by atoms with E-state index in [0.717, 1.165) is 17.7 Å². The molecule has 140 valence electrons. The highest BCUT2D eigenvalue weighted by atomic mass is 19.4. The standard InChI is InChI=1S/C19H16F3N3O2/c1-10-2-3-11(18(27)25-8-13(26)9-25)4-14(10)15-5-12(19(20,21)22)6-17-16(15)7-23-24-17/h2-7,13,26H,8-9H2,1H3,(H,23,24). The minimum atomic E-state index is -4.50. The van der Waals surface area contributed by atoms with Crippen molar-refractivity contribution >= 4 is 16.8 Å². The maximum atomic E-state index is 13.3. The van der Waals surface area contributed by atoms with Gasteiger partial charge >= 0.3 is 6.18 Å². The number of nitrogens with one attached hydrogen (secondary N) is 1. The molecule has 0 unspecified atom stereocenters. The second kappa shape index (κ2) is 6.09. The smallest absolute Gasteiger partial charge is 0.389 e. The SMILES string of the molecule is Cc1ccc(C(=O)N2CC(O)C2)cc1-c1cc(C(F)(F)F)cc2[nH]ncc12. The molecule has 2 heterocycles. The maximum Gasteiger partial charge on any atom is 0.416 e. The quantitative estimate of drug-likeness (QED) is 0.722. The number of likely N-dealkylation sites (tertiary alicyclic amines) is 1. The number of halogens is 3. The Morgan fingerprint density at radius 3 is 2.63 bits per heavy atom. The molecule has 1 saturated heterocycles. The van der Waals surface area contributed by atoms with Crippen LogP contribution in [0.5, 0.6) is 0 Å². The minimum Gasteiger partial charge on any atom is -0.389 e. The third kappa shape index (κ3) is 3.06. The van der Waals surface area contributed by atoms with E-state index < -0.39 is 17.8 Å². The van der Waals surface area contributed by atoms with Crippen molar-refractivity contribution in [2.24, 2.45) is 0 Å². The maximum absolute atomic E-state index is 13.3. The highest BCUT2D eigenvalue weighted by Crippen LogP contribution is 2.38. The van der Waals surface area contributed by atoms with Crippen molar-refractivity contribution in [3.8, 4) is 11.1 Å². The summed E-state index contributed by atoms with van der Waals surface area (Å²) in [5.74, 6) is -0.253. The van der Waals surface area contributed by atoms with Crippen LogP contribution in [0.1, 0.15) is 21.5 Å². The van der Waals surface area contributed by atoms with Gasteiger partial charge in [-0.15, -0.1) is 0 Å². The van der Waals surface area contributed by atoms with E-state index in [0.29, 0.717) is 22.1 Å². The zero-order valence-electron chi connectivity index (χ0n) is 14.3. The first-order chi connectivity index (χ1) is 12.7. The number of aromatic amines is 1. The molecule has 3 aromatic rings. The molecule has 27 heavy (non-hydrogen) atoms. The van der Waals surface area contributed by atoms with Crippen LogP contribution >= 0.6 is 0 Å². The predicted molar refractivity (Wildman–Crippen MR) is 93.2 cm³/mol. The third-order valence-corrected chi connectivity index (χ3v) is 4.81. The first-order valence-electron chi connectivity index (χ1n) is 8.37. The number of alkyl halides is 3. The molecular weight excluding hydrogens is 359 g/mol. The van der Waals surface area contributed by atoms with Gasteiger partial charge in [-0.25, -0.2) is 0 Å². The Balaban J connectivity index is 1.84. The van der Waals surface area contributed by atoms with Crippen LogP contribution in [0.3, 0.4) is 0 Å². The molecule has 4 rings (SSSR count). The molecule has 8 heteroatoms. The summed E-state index contributed by atoms with van der Waals surface area (Å²) in [5.41, 5.74) is 1.52. The molecule has 0 aliphatic carbocycles. The van der Waals surface area contributed by atoms with Gasteiger partial charge in [0.2, 0.25) is 0 Å². The normalized spacial score (nSPS) is 15.2. The summed E-state index contributed by atoms with van der Waals surface area (Å²) >= 11 is 0. The summed E-state index contributed by atoms with van der Waals surface area (Å²) in [7, 11) is 0. The summed E-state index contributed by atoms with van der Waals surface area (Å²) in [4.78, 5) is 14.0. The topological polar surface area (TPSA) is 69.2 Å². The Kier molecular flexibility index (Phi) is 3.96. The van der Waals surface area contributed by atoms with E-state index in [1.807, 2.05) is 0 Å². The summed E-state index contributed by atoms with van der Waals surface area (Å²) in [5, 5.41) is 16.4. The number of hydrogen-bond acceptors (Lipinski definition) is 3.